The molecule has 1 N–H and O–H groups in total. The molecule has 7 nitrogen and oxygen atoms in total. The number of sulfonamides is 1. The molecule has 0 saturated heterocycles. The van der Waals surface area contributed by atoms with Gasteiger partial charge in [-0.15, -0.1) is 0 Å². The Morgan fingerprint density at radius 2 is 2.09 bits per heavy atom. The zero-order valence-corrected chi connectivity index (χ0v) is 14.3. The number of aryl methyl sites for hydroxylation is 1. The maximum Gasteiger partial charge on any atom is 0.209 e. The predicted molar refractivity (Wildman–Crippen MR) is 86.1 cm³/mol. The molecule has 2 aromatic rings. The van der Waals surface area contributed by atoms with Crippen LogP contribution in [0.4, 0.5) is 0 Å². The highest BCUT2D eigenvalue weighted by molar-refractivity contribution is 7.88. The average Bonchev–Trinajstić information content (AvgIpc) is 3.10. The molecule has 0 aliphatic carbocycles. The Morgan fingerprint density at radius 3 is 2.78 bits per heavy atom. The molecule has 1 aliphatic heterocycles. The van der Waals surface area contributed by atoms with Gasteiger partial charge in [0.1, 0.15) is 17.3 Å². The molecule has 0 bridgehead atoms. The van der Waals surface area contributed by atoms with Gasteiger partial charge in [-0.05, 0) is 12.1 Å². The van der Waals surface area contributed by atoms with E-state index in [1.807, 2.05) is 18.3 Å². The number of nitrogens with zero attached hydrogens (tertiary/aromatic N) is 3. The highest BCUT2D eigenvalue weighted by atomic mass is 32.2. The molecular formula is C15H22N4O3S. The predicted octanol–water partition coefficient (Wildman–Crippen LogP) is 1.10. The van der Waals surface area contributed by atoms with Crippen LogP contribution in [0.5, 0.6) is 0 Å². The zero-order valence-electron chi connectivity index (χ0n) is 13.4. The van der Waals surface area contributed by atoms with Crippen LogP contribution in [0, 0.1) is 0 Å². The first-order valence-corrected chi connectivity index (χ1v) is 9.61. The molecule has 0 amide bonds. The Morgan fingerprint density at radius 1 is 1.30 bits per heavy atom. The maximum atomic E-state index is 11.2. The van der Waals surface area contributed by atoms with Gasteiger partial charge in [0.15, 0.2) is 0 Å². The Labute approximate surface area is 136 Å². The van der Waals surface area contributed by atoms with Crippen molar-refractivity contribution in [2.45, 2.75) is 39.5 Å². The third-order valence-electron chi connectivity index (χ3n) is 3.89. The summed E-state index contributed by atoms with van der Waals surface area (Å²) in [6, 6.07) is 4.05. The molecule has 0 radical (unpaired) electrons. The van der Waals surface area contributed by atoms with E-state index in [1.165, 1.54) is 0 Å². The van der Waals surface area contributed by atoms with E-state index in [0.717, 1.165) is 61.9 Å². The van der Waals surface area contributed by atoms with Crippen molar-refractivity contribution in [3.05, 3.63) is 41.4 Å². The van der Waals surface area contributed by atoms with Crippen LogP contribution in [-0.2, 0) is 42.6 Å². The third-order valence-corrected chi connectivity index (χ3v) is 4.56. The quantitative estimate of drug-likeness (QED) is 0.853. The van der Waals surface area contributed by atoms with Crippen molar-refractivity contribution < 1.29 is 12.8 Å². The van der Waals surface area contributed by atoms with Gasteiger partial charge >= 0.3 is 0 Å². The molecule has 3 heterocycles. The lowest BCUT2D eigenvalue weighted by Gasteiger charge is -2.26. The standard InChI is InChI=1S/C15H22N4O3S/c1-3-13-4-5-14(22-13)10-18-6-7-19-9-12(17-15(19)11-18)8-16-23(2,20)21/h4-5,9,16H,3,6-8,10-11H2,1-2H3. The molecule has 0 fully saturated rings. The fraction of sp³-hybridized carbons (Fsp3) is 0.533. The highest BCUT2D eigenvalue weighted by Gasteiger charge is 2.20. The lowest BCUT2D eigenvalue weighted by Crippen LogP contribution is -2.33. The maximum absolute atomic E-state index is 11.2. The minimum Gasteiger partial charge on any atom is -0.465 e. The topological polar surface area (TPSA) is 80.4 Å². The molecular weight excluding hydrogens is 316 g/mol. The minimum atomic E-state index is -3.20. The summed E-state index contributed by atoms with van der Waals surface area (Å²) in [5.74, 6) is 2.94. The second kappa shape index (κ2) is 6.46. The van der Waals surface area contributed by atoms with E-state index in [0.29, 0.717) is 0 Å². The smallest absolute Gasteiger partial charge is 0.209 e. The van der Waals surface area contributed by atoms with Gasteiger partial charge in [0.05, 0.1) is 31.6 Å². The largest absolute Gasteiger partial charge is 0.465 e. The number of nitrogens with one attached hydrogen (secondary N) is 1. The molecule has 1 aliphatic rings. The number of hydrogen-bond donors (Lipinski definition) is 1. The van der Waals surface area contributed by atoms with Crippen LogP contribution in [0.15, 0.2) is 22.7 Å². The zero-order chi connectivity index (χ0) is 16.4. The molecule has 23 heavy (non-hydrogen) atoms. The van der Waals surface area contributed by atoms with Gasteiger partial charge in [-0.25, -0.2) is 18.1 Å². The number of hydrogen-bond acceptors (Lipinski definition) is 5. The van der Waals surface area contributed by atoms with E-state index < -0.39 is 10.0 Å². The van der Waals surface area contributed by atoms with Gasteiger partial charge in [0.25, 0.3) is 0 Å². The fourth-order valence-electron chi connectivity index (χ4n) is 2.70. The Balaban J connectivity index is 1.62. The van der Waals surface area contributed by atoms with Crippen molar-refractivity contribution in [3.63, 3.8) is 0 Å². The molecule has 126 valence electrons. The summed E-state index contributed by atoms with van der Waals surface area (Å²) in [6.07, 6.45) is 3.98. The lowest BCUT2D eigenvalue weighted by atomic mass is 10.3. The lowest BCUT2D eigenvalue weighted by molar-refractivity contribution is 0.192. The molecule has 2 aromatic heterocycles. The van der Waals surface area contributed by atoms with Crippen LogP contribution in [0.1, 0.15) is 30.0 Å². The summed E-state index contributed by atoms with van der Waals surface area (Å²) in [5.41, 5.74) is 0.749. The Bertz CT molecular complexity index is 778. The van der Waals surface area contributed by atoms with Crippen molar-refractivity contribution in [2.24, 2.45) is 0 Å². The van der Waals surface area contributed by atoms with Gasteiger partial charge in [-0.3, -0.25) is 4.90 Å². The second-order valence-corrected chi connectivity index (χ2v) is 7.70. The van der Waals surface area contributed by atoms with Crippen molar-refractivity contribution in [2.75, 3.05) is 12.8 Å². The van der Waals surface area contributed by atoms with Crippen molar-refractivity contribution in [1.82, 2.24) is 19.2 Å². The first-order valence-electron chi connectivity index (χ1n) is 7.72. The van der Waals surface area contributed by atoms with Crippen molar-refractivity contribution in [1.29, 1.82) is 0 Å². The van der Waals surface area contributed by atoms with Crippen LogP contribution >= 0.6 is 0 Å². The molecule has 8 heteroatoms. The first kappa shape index (κ1) is 16.2. The van der Waals surface area contributed by atoms with Crippen molar-refractivity contribution in [3.8, 4) is 0 Å². The summed E-state index contributed by atoms with van der Waals surface area (Å²) >= 11 is 0. The summed E-state index contributed by atoms with van der Waals surface area (Å²) < 4.78 is 32.7. The monoisotopic (exact) mass is 338 g/mol. The number of imidazole rings is 1. The van der Waals surface area contributed by atoms with E-state index in [-0.39, 0.29) is 6.54 Å². The van der Waals surface area contributed by atoms with E-state index in [1.54, 1.807) is 0 Å². The average molecular weight is 338 g/mol. The molecule has 3 rings (SSSR count). The van der Waals surface area contributed by atoms with E-state index in [2.05, 4.69) is 26.1 Å². The summed E-state index contributed by atoms with van der Waals surface area (Å²) in [4.78, 5) is 6.82. The number of aromatic nitrogens is 2. The van der Waals surface area contributed by atoms with Crippen LogP contribution < -0.4 is 4.72 Å². The van der Waals surface area contributed by atoms with Crippen LogP contribution in [0.25, 0.3) is 0 Å². The van der Waals surface area contributed by atoms with Crippen LogP contribution in [0.2, 0.25) is 0 Å². The van der Waals surface area contributed by atoms with Crippen LogP contribution in [0.3, 0.4) is 0 Å². The number of furan rings is 1. The van der Waals surface area contributed by atoms with Crippen molar-refractivity contribution >= 4 is 10.0 Å². The first-order chi connectivity index (χ1) is 10.9. The number of fused-ring (bicyclic) bond motifs is 1. The molecule has 0 unspecified atom stereocenters. The molecule has 0 spiro atoms. The van der Waals surface area contributed by atoms with Gasteiger partial charge < -0.3 is 8.98 Å². The molecule has 0 atom stereocenters. The van der Waals surface area contributed by atoms with Gasteiger partial charge in [0, 0.05) is 25.7 Å². The van der Waals surface area contributed by atoms with E-state index >= 15 is 0 Å². The number of rotatable bonds is 6. The Kier molecular flexibility index (Phi) is 4.56. The minimum absolute atomic E-state index is 0.233. The van der Waals surface area contributed by atoms with E-state index in [4.69, 9.17) is 4.42 Å². The van der Waals surface area contributed by atoms with E-state index in [9.17, 15) is 8.42 Å². The second-order valence-electron chi connectivity index (χ2n) is 5.87. The van der Waals surface area contributed by atoms with Crippen LogP contribution in [-0.4, -0.2) is 35.7 Å². The third kappa shape index (κ3) is 4.21. The normalized spacial score (nSPS) is 15.7. The summed E-state index contributed by atoms with van der Waals surface area (Å²) in [5, 5.41) is 0. The highest BCUT2D eigenvalue weighted by Crippen LogP contribution is 2.17. The molecule has 0 saturated carbocycles. The van der Waals surface area contributed by atoms with Gasteiger partial charge in [-0.2, -0.15) is 0 Å². The Hall–Kier alpha value is -1.64. The van der Waals surface area contributed by atoms with Gasteiger partial charge in [0.2, 0.25) is 10.0 Å². The SMILES string of the molecule is CCc1ccc(CN2CCn3cc(CNS(C)(=O)=O)nc3C2)o1. The summed E-state index contributed by atoms with van der Waals surface area (Å²) in [7, 11) is -3.20. The summed E-state index contributed by atoms with van der Waals surface area (Å²) in [6.45, 7) is 5.58. The fourth-order valence-corrected chi connectivity index (χ4v) is 3.11. The molecule has 0 aromatic carbocycles. The van der Waals surface area contributed by atoms with Gasteiger partial charge in [-0.1, -0.05) is 6.92 Å².